The van der Waals surface area contributed by atoms with Crippen molar-refractivity contribution in [3.05, 3.63) is 35.5 Å². The van der Waals surface area contributed by atoms with E-state index in [0.717, 1.165) is 24.8 Å². The van der Waals surface area contributed by atoms with Gasteiger partial charge in [-0.2, -0.15) is 4.98 Å². The number of nitrogens with two attached hydrogens (primary N) is 1. The molecule has 0 saturated carbocycles. The number of para-hydroxylation sites is 1. The van der Waals surface area contributed by atoms with Gasteiger partial charge in [0.2, 0.25) is 0 Å². The molecule has 0 aliphatic carbocycles. The molecule has 0 fully saturated rings. The molecule has 0 atom stereocenters. The molecule has 2 aromatic rings. The van der Waals surface area contributed by atoms with Gasteiger partial charge in [-0.05, 0) is 31.0 Å². The van der Waals surface area contributed by atoms with Gasteiger partial charge in [0.1, 0.15) is 0 Å². The summed E-state index contributed by atoms with van der Waals surface area (Å²) in [7, 11) is 1.61. The first-order chi connectivity index (χ1) is 10.3. The number of nitrogens with zero attached hydrogens (tertiary/aromatic N) is 2. The van der Waals surface area contributed by atoms with Crippen molar-refractivity contribution >= 4 is 0 Å². The summed E-state index contributed by atoms with van der Waals surface area (Å²) < 4.78 is 16.3. The van der Waals surface area contributed by atoms with Crippen LogP contribution in [0.2, 0.25) is 0 Å². The first-order valence-electron chi connectivity index (χ1n) is 7.08. The van der Waals surface area contributed by atoms with Gasteiger partial charge in [0, 0.05) is 6.42 Å². The lowest BCUT2D eigenvalue weighted by molar-refractivity contribution is 0.231. The summed E-state index contributed by atoms with van der Waals surface area (Å²) in [4.78, 5) is 4.28. The zero-order chi connectivity index (χ0) is 15.1. The van der Waals surface area contributed by atoms with Crippen molar-refractivity contribution in [3.63, 3.8) is 0 Å². The number of rotatable bonds is 8. The second-order valence-corrected chi connectivity index (χ2v) is 4.63. The Balaban J connectivity index is 2.10. The topological polar surface area (TPSA) is 83.4 Å². The zero-order valence-corrected chi connectivity index (χ0v) is 12.5. The molecule has 1 aromatic carbocycles. The van der Waals surface area contributed by atoms with E-state index in [1.54, 1.807) is 7.11 Å². The molecule has 21 heavy (non-hydrogen) atoms. The van der Waals surface area contributed by atoms with Gasteiger partial charge in [-0.15, -0.1) is 0 Å². The van der Waals surface area contributed by atoms with E-state index in [1.807, 2.05) is 18.2 Å². The average Bonchev–Trinajstić information content (AvgIpc) is 2.94. The van der Waals surface area contributed by atoms with Crippen molar-refractivity contribution in [2.75, 3.05) is 13.7 Å². The van der Waals surface area contributed by atoms with Gasteiger partial charge in [0.15, 0.2) is 23.9 Å². The van der Waals surface area contributed by atoms with E-state index in [-0.39, 0.29) is 6.61 Å². The maximum Gasteiger partial charge on any atom is 0.264 e. The van der Waals surface area contributed by atoms with E-state index in [4.69, 9.17) is 19.7 Å². The fourth-order valence-electron chi connectivity index (χ4n) is 2.05. The van der Waals surface area contributed by atoms with Crippen molar-refractivity contribution in [2.45, 2.75) is 32.8 Å². The molecule has 0 saturated heterocycles. The summed E-state index contributed by atoms with van der Waals surface area (Å²) in [5.74, 6) is 2.52. The van der Waals surface area contributed by atoms with Crippen molar-refractivity contribution < 1.29 is 14.0 Å². The molecule has 0 amide bonds. The third kappa shape index (κ3) is 3.95. The molecule has 0 unspecified atom stereocenters. The molecule has 1 heterocycles. The van der Waals surface area contributed by atoms with Crippen LogP contribution in [0.25, 0.3) is 0 Å². The largest absolute Gasteiger partial charge is 0.493 e. The number of methoxy groups -OCH3 is 1. The summed E-state index contributed by atoms with van der Waals surface area (Å²) in [5, 5.41) is 3.90. The Morgan fingerprint density at radius 3 is 2.86 bits per heavy atom. The normalized spacial score (nSPS) is 10.6. The molecule has 6 heteroatoms. The quantitative estimate of drug-likeness (QED) is 0.802. The fourth-order valence-corrected chi connectivity index (χ4v) is 2.05. The molecule has 114 valence electrons. The molecule has 0 radical (unpaired) electrons. The summed E-state index contributed by atoms with van der Waals surface area (Å²) in [6.45, 7) is 2.83. The predicted molar refractivity (Wildman–Crippen MR) is 78.4 cm³/mol. The van der Waals surface area contributed by atoms with Crippen LogP contribution in [0.1, 0.15) is 30.6 Å². The molecule has 2 rings (SSSR count). The SMILES string of the molecule is CCCc1noc(COc2c(CCN)cccc2OC)n1. The van der Waals surface area contributed by atoms with Crippen LogP contribution < -0.4 is 15.2 Å². The minimum absolute atomic E-state index is 0.217. The number of hydrogen-bond donors (Lipinski definition) is 1. The Kier molecular flexibility index (Phi) is 5.57. The highest BCUT2D eigenvalue weighted by atomic mass is 16.5. The maximum absolute atomic E-state index is 5.81. The van der Waals surface area contributed by atoms with Crippen LogP contribution >= 0.6 is 0 Å². The van der Waals surface area contributed by atoms with Crippen LogP contribution in [0.4, 0.5) is 0 Å². The van der Waals surface area contributed by atoms with E-state index in [2.05, 4.69) is 17.1 Å². The van der Waals surface area contributed by atoms with Crippen LogP contribution in [0.3, 0.4) is 0 Å². The van der Waals surface area contributed by atoms with Crippen LogP contribution in [0, 0.1) is 0 Å². The molecule has 0 bridgehead atoms. The maximum atomic E-state index is 5.81. The van der Waals surface area contributed by atoms with E-state index >= 15 is 0 Å². The van der Waals surface area contributed by atoms with Gasteiger partial charge >= 0.3 is 0 Å². The van der Waals surface area contributed by atoms with Crippen molar-refractivity contribution in [1.29, 1.82) is 0 Å². The third-order valence-electron chi connectivity index (χ3n) is 3.02. The predicted octanol–water partition coefficient (Wildman–Crippen LogP) is 2.11. The minimum atomic E-state index is 0.217. The Labute approximate surface area is 124 Å². The molecule has 2 N–H and O–H groups in total. The van der Waals surface area contributed by atoms with Gasteiger partial charge in [0.05, 0.1) is 7.11 Å². The fraction of sp³-hybridized carbons (Fsp3) is 0.467. The first-order valence-corrected chi connectivity index (χ1v) is 7.08. The van der Waals surface area contributed by atoms with Crippen molar-refractivity contribution in [3.8, 4) is 11.5 Å². The van der Waals surface area contributed by atoms with Crippen LogP contribution in [-0.2, 0) is 19.4 Å². The van der Waals surface area contributed by atoms with Crippen LogP contribution in [0.5, 0.6) is 11.5 Å². The second-order valence-electron chi connectivity index (χ2n) is 4.63. The second kappa shape index (κ2) is 7.64. The third-order valence-corrected chi connectivity index (χ3v) is 3.02. The van der Waals surface area contributed by atoms with E-state index in [0.29, 0.717) is 29.8 Å². The first kappa shape index (κ1) is 15.3. The van der Waals surface area contributed by atoms with Gasteiger partial charge < -0.3 is 19.7 Å². The number of aromatic nitrogens is 2. The monoisotopic (exact) mass is 291 g/mol. The van der Waals surface area contributed by atoms with Gasteiger partial charge in [-0.3, -0.25) is 0 Å². The molecular weight excluding hydrogens is 270 g/mol. The highest BCUT2D eigenvalue weighted by Gasteiger charge is 2.12. The highest BCUT2D eigenvalue weighted by Crippen LogP contribution is 2.31. The van der Waals surface area contributed by atoms with E-state index in [9.17, 15) is 0 Å². The van der Waals surface area contributed by atoms with Gasteiger partial charge in [-0.1, -0.05) is 24.2 Å². The van der Waals surface area contributed by atoms with E-state index < -0.39 is 0 Å². The summed E-state index contributed by atoms with van der Waals surface area (Å²) in [6.07, 6.45) is 2.50. The Morgan fingerprint density at radius 2 is 2.14 bits per heavy atom. The van der Waals surface area contributed by atoms with Crippen molar-refractivity contribution in [2.24, 2.45) is 5.73 Å². The van der Waals surface area contributed by atoms with Crippen molar-refractivity contribution in [1.82, 2.24) is 10.1 Å². The van der Waals surface area contributed by atoms with Gasteiger partial charge in [0.25, 0.3) is 5.89 Å². The molecule has 6 nitrogen and oxygen atoms in total. The number of hydrogen-bond acceptors (Lipinski definition) is 6. The highest BCUT2D eigenvalue weighted by molar-refractivity contribution is 5.46. The summed E-state index contributed by atoms with van der Waals surface area (Å²) >= 11 is 0. The van der Waals surface area contributed by atoms with Crippen LogP contribution in [0.15, 0.2) is 22.7 Å². The minimum Gasteiger partial charge on any atom is -0.493 e. The standard InChI is InChI=1S/C15H21N3O3/c1-3-5-13-17-14(21-18-13)10-20-15-11(8-9-16)6-4-7-12(15)19-2/h4,6-7H,3,5,8-10,16H2,1-2H3. The Bertz CT molecular complexity index is 569. The smallest absolute Gasteiger partial charge is 0.264 e. The number of aryl methyl sites for hydroxylation is 1. The lowest BCUT2D eigenvalue weighted by Gasteiger charge is -2.13. The van der Waals surface area contributed by atoms with Crippen LogP contribution in [-0.4, -0.2) is 23.8 Å². The average molecular weight is 291 g/mol. The Hall–Kier alpha value is -2.08. The lowest BCUT2D eigenvalue weighted by Crippen LogP contribution is -2.06. The van der Waals surface area contributed by atoms with Gasteiger partial charge in [-0.25, -0.2) is 0 Å². The summed E-state index contributed by atoms with van der Waals surface area (Å²) in [5.41, 5.74) is 6.63. The number of benzene rings is 1. The molecular formula is C15H21N3O3. The van der Waals surface area contributed by atoms with E-state index in [1.165, 1.54) is 0 Å². The number of ether oxygens (including phenoxy) is 2. The Morgan fingerprint density at radius 1 is 1.29 bits per heavy atom. The zero-order valence-electron chi connectivity index (χ0n) is 12.5. The molecule has 0 aliphatic heterocycles. The molecule has 0 spiro atoms. The molecule has 1 aromatic heterocycles. The lowest BCUT2D eigenvalue weighted by atomic mass is 10.1. The summed E-state index contributed by atoms with van der Waals surface area (Å²) in [6, 6.07) is 5.75. The molecule has 0 aliphatic rings.